The van der Waals surface area contributed by atoms with E-state index in [-0.39, 0.29) is 23.2 Å². The lowest BCUT2D eigenvalue weighted by Gasteiger charge is -2.38. The maximum atomic E-state index is 13.4. The minimum Gasteiger partial charge on any atom is -0.170 e. The molecule has 0 heterocycles. The fraction of sp³-hybridized carbons (Fsp3) is 0.917. The zero-order valence-corrected chi connectivity index (χ0v) is 19.4. The van der Waals surface area contributed by atoms with Crippen LogP contribution in [-0.2, 0) is 0 Å². The van der Waals surface area contributed by atoms with E-state index in [9.17, 15) is 26.3 Å². The van der Waals surface area contributed by atoms with Crippen molar-refractivity contribution in [2.75, 3.05) is 0 Å². The average Bonchev–Trinajstić information content (AvgIpc) is 2.92. The molecule has 0 nitrogen and oxygen atoms in total. The highest BCUT2D eigenvalue weighted by Gasteiger charge is 2.68. The Morgan fingerprint density at radius 2 is 1.53 bits per heavy atom. The van der Waals surface area contributed by atoms with Gasteiger partial charge in [0.15, 0.2) is 5.41 Å². The Kier molecular flexibility index (Phi) is 8.98. The van der Waals surface area contributed by atoms with Gasteiger partial charge in [-0.05, 0) is 74.5 Å². The van der Waals surface area contributed by atoms with Crippen molar-refractivity contribution in [3.8, 4) is 0 Å². The van der Waals surface area contributed by atoms with Crippen LogP contribution in [-0.4, -0.2) is 12.4 Å². The summed E-state index contributed by atoms with van der Waals surface area (Å²) in [5.74, 6) is -0.339. The third-order valence-corrected chi connectivity index (χ3v) is 7.96. The lowest BCUT2D eigenvalue weighted by Crippen LogP contribution is -2.49. The molecule has 6 heteroatoms. The molecule has 5 atom stereocenters. The Labute approximate surface area is 178 Å². The molecule has 1 saturated carbocycles. The van der Waals surface area contributed by atoms with Gasteiger partial charge in [-0.15, -0.1) is 0 Å². The molecule has 0 aromatic carbocycles. The molecule has 1 rings (SSSR count). The Morgan fingerprint density at radius 3 is 1.97 bits per heavy atom. The van der Waals surface area contributed by atoms with E-state index >= 15 is 0 Å². The first-order chi connectivity index (χ1) is 13.5. The normalized spacial score (nSPS) is 26.5. The van der Waals surface area contributed by atoms with E-state index in [2.05, 4.69) is 34.3 Å². The molecule has 178 valence electrons. The van der Waals surface area contributed by atoms with Gasteiger partial charge in [-0.3, -0.25) is 0 Å². The molecule has 0 saturated heterocycles. The maximum absolute atomic E-state index is 13.4. The molecule has 0 bridgehead atoms. The predicted octanol–water partition coefficient (Wildman–Crippen LogP) is 9.36. The molecule has 1 aliphatic rings. The first-order valence-electron chi connectivity index (χ1n) is 11.3. The van der Waals surface area contributed by atoms with E-state index in [1.165, 1.54) is 0 Å². The molecule has 0 aliphatic heterocycles. The summed E-state index contributed by atoms with van der Waals surface area (Å²) in [5.41, 5.74) is -2.46. The third kappa shape index (κ3) is 5.97. The number of allylic oxidation sites excluding steroid dienone is 1. The zero-order valence-electron chi connectivity index (χ0n) is 19.4. The molecular weight excluding hydrogens is 402 g/mol. The van der Waals surface area contributed by atoms with Crippen molar-refractivity contribution in [2.45, 2.75) is 105 Å². The van der Waals surface area contributed by atoms with E-state index in [1.54, 1.807) is 0 Å². The number of hydrogen-bond donors (Lipinski definition) is 0. The molecule has 0 spiro atoms. The predicted molar refractivity (Wildman–Crippen MR) is 111 cm³/mol. The van der Waals surface area contributed by atoms with Crippen LogP contribution in [0.4, 0.5) is 26.3 Å². The van der Waals surface area contributed by atoms with Gasteiger partial charge in [0.05, 0.1) is 0 Å². The van der Waals surface area contributed by atoms with Gasteiger partial charge in [0, 0.05) is 0 Å². The van der Waals surface area contributed by atoms with Crippen molar-refractivity contribution in [2.24, 2.45) is 34.5 Å². The molecule has 5 unspecified atom stereocenters. The van der Waals surface area contributed by atoms with Crippen molar-refractivity contribution in [1.82, 2.24) is 0 Å². The van der Waals surface area contributed by atoms with Gasteiger partial charge in [0.1, 0.15) is 0 Å². The maximum Gasteiger partial charge on any atom is 0.402 e. The summed E-state index contributed by atoms with van der Waals surface area (Å²) in [7, 11) is 0. The Morgan fingerprint density at radius 1 is 1.00 bits per heavy atom. The summed E-state index contributed by atoms with van der Waals surface area (Å²) in [5, 5.41) is 0. The zero-order chi connectivity index (χ0) is 23.5. The average molecular weight is 443 g/mol. The lowest BCUT2D eigenvalue weighted by molar-refractivity contribution is -0.340. The lowest BCUT2D eigenvalue weighted by atomic mass is 9.70. The van der Waals surface area contributed by atoms with Crippen LogP contribution in [0.5, 0.6) is 0 Å². The van der Waals surface area contributed by atoms with Gasteiger partial charge in [-0.1, -0.05) is 59.6 Å². The number of hydrogen-bond acceptors (Lipinski definition) is 0. The van der Waals surface area contributed by atoms with Gasteiger partial charge < -0.3 is 0 Å². The first kappa shape index (κ1) is 27.4. The summed E-state index contributed by atoms with van der Waals surface area (Å²) in [6.45, 7) is 15.1. The van der Waals surface area contributed by atoms with Crippen LogP contribution < -0.4 is 0 Å². The number of rotatable bonds is 10. The molecule has 30 heavy (non-hydrogen) atoms. The van der Waals surface area contributed by atoms with Crippen LogP contribution in [0.25, 0.3) is 0 Å². The van der Waals surface area contributed by atoms with Crippen molar-refractivity contribution in [1.29, 1.82) is 0 Å². The second-order valence-electron chi connectivity index (χ2n) is 10.3. The highest BCUT2D eigenvalue weighted by atomic mass is 19.4. The fourth-order valence-corrected chi connectivity index (χ4v) is 5.33. The van der Waals surface area contributed by atoms with E-state index in [0.29, 0.717) is 26.2 Å². The minimum atomic E-state index is -5.30. The number of alkyl halides is 6. The highest BCUT2D eigenvalue weighted by molar-refractivity contribution is 5.09. The summed E-state index contributed by atoms with van der Waals surface area (Å²) < 4.78 is 80.5. The van der Waals surface area contributed by atoms with Crippen LogP contribution in [0.1, 0.15) is 92.9 Å². The van der Waals surface area contributed by atoms with Gasteiger partial charge in [-0.25, -0.2) is 0 Å². The van der Waals surface area contributed by atoms with Crippen molar-refractivity contribution in [3.63, 3.8) is 0 Å². The second-order valence-corrected chi connectivity index (χ2v) is 10.3. The SMILES string of the molecule is C=C(CC(C)CC1C(C)CCC1CC(C)(C(F)(F)F)C(F)(F)F)C(C)(CC)CCC. The summed E-state index contributed by atoms with van der Waals surface area (Å²) in [6, 6.07) is 0. The molecule has 0 aromatic heterocycles. The Balaban J connectivity index is 2.93. The summed E-state index contributed by atoms with van der Waals surface area (Å²) in [4.78, 5) is 0. The highest BCUT2D eigenvalue weighted by Crippen LogP contribution is 2.57. The van der Waals surface area contributed by atoms with E-state index in [0.717, 1.165) is 31.3 Å². The van der Waals surface area contributed by atoms with Gasteiger partial charge in [0.2, 0.25) is 0 Å². The van der Waals surface area contributed by atoms with Crippen LogP contribution in [0.3, 0.4) is 0 Å². The second kappa shape index (κ2) is 9.85. The third-order valence-electron chi connectivity index (χ3n) is 7.96. The van der Waals surface area contributed by atoms with E-state index < -0.39 is 30.1 Å². The van der Waals surface area contributed by atoms with Crippen molar-refractivity contribution >= 4 is 0 Å². The van der Waals surface area contributed by atoms with E-state index in [1.807, 2.05) is 6.92 Å². The van der Waals surface area contributed by atoms with Crippen LogP contribution in [0, 0.1) is 34.5 Å². The molecular formula is C24H40F6. The Hall–Kier alpha value is -0.680. The van der Waals surface area contributed by atoms with Gasteiger partial charge in [0.25, 0.3) is 0 Å². The van der Waals surface area contributed by atoms with Crippen LogP contribution in [0.2, 0.25) is 0 Å². The quantitative estimate of drug-likeness (QED) is 0.233. The van der Waals surface area contributed by atoms with E-state index in [4.69, 9.17) is 0 Å². The molecule has 1 fully saturated rings. The van der Waals surface area contributed by atoms with Crippen molar-refractivity contribution in [3.05, 3.63) is 12.2 Å². The summed E-state index contributed by atoms with van der Waals surface area (Å²) in [6.07, 6.45) is -5.86. The summed E-state index contributed by atoms with van der Waals surface area (Å²) >= 11 is 0. The number of halogens is 6. The monoisotopic (exact) mass is 442 g/mol. The molecule has 0 aromatic rings. The topological polar surface area (TPSA) is 0 Å². The standard InChI is InChI=1S/C24H40F6/c1-8-12-21(6,9-2)18(5)13-16(3)14-20-17(4)10-11-19(20)15-22(7,23(25,26)27)24(28,29)30/h16-17,19-20H,5,8-15H2,1-4,6-7H3. The molecule has 0 radical (unpaired) electrons. The molecule has 1 aliphatic carbocycles. The largest absolute Gasteiger partial charge is 0.402 e. The minimum absolute atomic E-state index is 0.0366. The molecule has 0 amide bonds. The van der Waals surface area contributed by atoms with Crippen LogP contribution >= 0.6 is 0 Å². The van der Waals surface area contributed by atoms with Gasteiger partial charge >= 0.3 is 12.4 Å². The molecule has 0 N–H and O–H groups in total. The smallest absolute Gasteiger partial charge is 0.170 e. The first-order valence-corrected chi connectivity index (χ1v) is 11.3. The fourth-order valence-electron chi connectivity index (χ4n) is 5.33. The van der Waals surface area contributed by atoms with Crippen LogP contribution in [0.15, 0.2) is 12.2 Å². The Bertz CT molecular complexity index is 547. The van der Waals surface area contributed by atoms with Crippen molar-refractivity contribution < 1.29 is 26.3 Å². The van der Waals surface area contributed by atoms with Gasteiger partial charge in [-0.2, -0.15) is 26.3 Å².